The summed E-state index contributed by atoms with van der Waals surface area (Å²) in [6.45, 7) is 5.33. The summed E-state index contributed by atoms with van der Waals surface area (Å²) in [5.41, 5.74) is 7.18. The Morgan fingerprint density at radius 2 is 2.12 bits per heavy atom. The molecule has 0 amide bonds. The van der Waals surface area contributed by atoms with Crippen molar-refractivity contribution in [2.45, 2.75) is 20.8 Å². The van der Waals surface area contributed by atoms with Crippen LogP contribution in [0.1, 0.15) is 18.1 Å². The van der Waals surface area contributed by atoms with Gasteiger partial charge in [0.1, 0.15) is 11.5 Å². The number of phenolic OH excluding ortho intramolecular Hbond substituents is 1. The van der Waals surface area contributed by atoms with Crippen LogP contribution in [0.2, 0.25) is 0 Å². The minimum atomic E-state index is -0.442. The van der Waals surface area contributed by atoms with Gasteiger partial charge in [-0.1, -0.05) is 0 Å². The number of phenols is 1. The monoisotopic (exact) mass is 239 g/mol. The number of nitrogen functional groups attached to an aromatic ring is 1. The molecule has 0 atom stereocenters. The highest BCUT2D eigenvalue weighted by Crippen LogP contribution is 2.35. The van der Waals surface area contributed by atoms with Gasteiger partial charge in [0.05, 0.1) is 12.3 Å². The van der Waals surface area contributed by atoms with Crippen molar-refractivity contribution in [1.29, 1.82) is 0 Å². The third kappa shape index (κ3) is 3.03. The first kappa shape index (κ1) is 13.2. The molecule has 17 heavy (non-hydrogen) atoms. The summed E-state index contributed by atoms with van der Waals surface area (Å²) in [6.07, 6.45) is 0. The maximum absolute atomic E-state index is 11.2. The van der Waals surface area contributed by atoms with Crippen LogP contribution in [-0.2, 0) is 9.53 Å². The Hall–Kier alpha value is -1.91. The number of ether oxygens (including phenoxy) is 2. The van der Waals surface area contributed by atoms with E-state index in [2.05, 4.69) is 0 Å². The molecule has 0 bridgehead atoms. The zero-order chi connectivity index (χ0) is 13.0. The van der Waals surface area contributed by atoms with Crippen molar-refractivity contribution >= 4 is 11.7 Å². The molecule has 1 aromatic rings. The number of carbonyl (C=O) groups excluding carboxylic acids is 1. The van der Waals surface area contributed by atoms with Gasteiger partial charge in [-0.15, -0.1) is 0 Å². The second-order valence-electron chi connectivity index (χ2n) is 3.68. The Labute approximate surface area is 100 Å². The van der Waals surface area contributed by atoms with Gasteiger partial charge in [0.2, 0.25) is 0 Å². The fraction of sp³-hybridized carbons (Fsp3) is 0.417. The summed E-state index contributed by atoms with van der Waals surface area (Å²) >= 11 is 0. The molecule has 0 saturated heterocycles. The zero-order valence-corrected chi connectivity index (χ0v) is 10.2. The summed E-state index contributed by atoms with van der Waals surface area (Å²) in [6, 6.07) is 1.60. The maximum Gasteiger partial charge on any atom is 0.344 e. The van der Waals surface area contributed by atoms with Gasteiger partial charge in [0.25, 0.3) is 0 Å². The van der Waals surface area contributed by atoms with E-state index < -0.39 is 5.97 Å². The quantitative estimate of drug-likeness (QED) is 0.473. The van der Waals surface area contributed by atoms with E-state index in [0.717, 1.165) is 5.56 Å². The molecule has 0 aliphatic heterocycles. The van der Waals surface area contributed by atoms with Crippen LogP contribution >= 0.6 is 0 Å². The summed E-state index contributed by atoms with van der Waals surface area (Å²) in [5, 5.41) is 9.66. The van der Waals surface area contributed by atoms with Crippen molar-refractivity contribution in [2.75, 3.05) is 18.9 Å². The van der Waals surface area contributed by atoms with E-state index in [1.54, 1.807) is 26.8 Å². The molecule has 1 aromatic carbocycles. The topological polar surface area (TPSA) is 81.8 Å². The van der Waals surface area contributed by atoms with Gasteiger partial charge in [-0.3, -0.25) is 0 Å². The molecule has 0 radical (unpaired) electrons. The van der Waals surface area contributed by atoms with E-state index in [1.807, 2.05) is 0 Å². The Balaban J connectivity index is 2.85. The molecule has 0 unspecified atom stereocenters. The molecule has 0 aromatic heterocycles. The number of esters is 1. The van der Waals surface area contributed by atoms with Crippen molar-refractivity contribution in [3.05, 3.63) is 17.2 Å². The highest BCUT2D eigenvalue weighted by Gasteiger charge is 2.13. The van der Waals surface area contributed by atoms with E-state index in [4.69, 9.17) is 15.2 Å². The molecule has 0 spiro atoms. The first-order valence-electron chi connectivity index (χ1n) is 5.34. The third-order valence-corrected chi connectivity index (χ3v) is 2.34. The number of benzene rings is 1. The van der Waals surface area contributed by atoms with Crippen molar-refractivity contribution in [1.82, 2.24) is 0 Å². The minimum absolute atomic E-state index is 0.0190. The highest BCUT2D eigenvalue weighted by molar-refractivity contribution is 5.71. The lowest BCUT2D eigenvalue weighted by Crippen LogP contribution is -2.15. The average Bonchev–Trinajstić information content (AvgIpc) is 2.26. The van der Waals surface area contributed by atoms with Crippen LogP contribution in [0.5, 0.6) is 11.5 Å². The van der Waals surface area contributed by atoms with E-state index in [-0.39, 0.29) is 12.4 Å². The molecule has 1 rings (SSSR count). The number of hydrogen-bond donors (Lipinski definition) is 2. The van der Waals surface area contributed by atoms with Gasteiger partial charge in [0, 0.05) is 5.56 Å². The van der Waals surface area contributed by atoms with Crippen molar-refractivity contribution < 1.29 is 19.4 Å². The Morgan fingerprint density at radius 1 is 1.47 bits per heavy atom. The molecule has 0 fully saturated rings. The van der Waals surface area contributed by atoms with Gasteiger partial charge >= 0.3 is 5.97 Å². The summed E-state index contributed by atoms with van der Waals surface area (Å²) in [5.74, 6) is 0.00169. The standard InChI is InChI=1S/C12H17NO4/c1-4-16-10(14)6-17-12-7(2)5-9(13)11(15)8(12)3/h5,15H,4,6,13H2,1-3H3. The van der Waals surface area contributed by atoms with Gasteiger partial charge in [0.15, 0.2) is 6.61 Å². The van der Waals surface area contributed by atoms with Crippen LogP contribution in [0.4, 0.5) is 5.69 Å². The minimum Gasteiger partial charge on any atom is -0.505 e. The third-order valence-electron chi connectivity index (χ3n) is 2.34. The molecule has 94 valence electrons. The number of rotatable bonds is 4. The fourth-order valence-electron chi connectivity index (χ4n) is 1.54. The van der Waals surface area contributed by atoms with Crippen LogP contribution < -0.4 is 10.5 Å². The van der Waals surface area contributed by atoms with Gasteiger partial charge < -0.3 is 20.3 Å². The molecule has 5 heteroatoms. The lowest BCUT2D eigenvalue weighted by Gasteiger charge is -2.14. The predicted molar refractivity (Wildman–Crippen MR) is 64.1 cm³/mol. The second-order valence-corrected chi connectivity index (χ2v) is 3.68. The molecule has 5 nitrogen and oxygen atoms in total. The van der Waals surface area contributed by atoms with Crippen molar-refractivity contribution in [3.8, 4) is 11.5 Å². The Kier molecular flexibility index (Phi) is 4.20. The zero-order valence-electron chi connectivity index (χ0n) is 10.2. The Bertz CT molecular complexity index is 429. The summed E-state index contributed by atoms with van der Waals surface area (Å²) < 4.78 is 10.1. The summed E-state index contributed by atoms with van der Waals surface area (Å²) in [7, 11) is 0. The fourth-order valence-corrected chi connectivity index (χ4v) is 1.54. The summed E-state index contributed by atoms with van der Waals surface area (Å²) in [4.78, 5) is 11.2. The van der Waals surface area contributed by atoms with E-state index in [1.165, 1.54) is 0 Å². The number of nitrogens with two attached hydrogens (primary N) is 1. The Morgan fingerprint density at radius 3 is 2.71 bits per heavy atom. The number of hydrogen-bond acceptors (Lipinski definition) is 5. The molecular weight excluding hydrogens is 222 g/mol. The molecule has 0 aliphatic rings. The van der Waals surface area contributed by atoms with Gasteiger partial charge in [-0.25, -0.2) is 4.79 Å². The average molecular weight is 239 g/mol. The lowest BCUT2D eigenvalue weighted by atomic mass is 10.1. The molecular formula is C12H17NO4. The van der Waals surface area contributed by atoms with Crippen molar-refractivity contribution in [3.63, 3.8) is 0 Å². The molecule has 0 heterocycles. The first-order chi connectivity index (χ1) is 7.97. The largest absolute Gasteiger partial charge is 0.505 e. The number of anilines is 1. The SMILES string of the molecule is CCOC(=O)COc1c(C)cc(N)c(O)c1C. The number of carbonyl (C=O) groups is 1. The van der Waals surface area contributed by atoms with Crippen LogP contribution in [0, 0.1) is 13.8 Å². The predicted octanol–water partition coefficient (Wildman–Crippen LogP) is 1.53. The first-order valence-corrected chi connectivity index (χ1v) is 5.34. The number of aryl methyl sites for hydroxylation is 1. The lowest BCUT2D eigenvalue weighted by molar-refractivity contribution is -0.145. The normalized spacial score (nSPS) is 10.1. The molecule has 0 aliphatic carbocycles. The van der Waals surface area contributed by atoms with E-state index >= 15 is 0 Å². The van der Waals surface area contributed by atoms with E-state index in [0.29, 0.717) is 23.6 Å². The van der Waals surface area contributed by atoms with Crippen molar-refractivity contribution in [2.24, 2.45) is 0 Å². The van der Waals surface area contributed by atoms with Gasteiger partial charge in [-0.2, -0.15) is 0 Å². The van der Waals surface area contributed by atoms with Gasteiger partial charge in [-0.05, 0) is 32.4 Å². The molecule has 3 N–H and O–H groups in total. The van der Waals surface area contributed by atoms with Crippen LogP contribution in [0.15, 0.2) is 6.07 Å². The highest BCUT2D eigenvalue weighted by atomic mass is 16.6. The van der Waals surface area contributed by atoms with Crippen LogP contribution in [-0.4, -0.2) is 24.3 Å². The van der Waals surface area contributed by atoms with Crippen LogP contribution in [0.3, 0.4) is 0 Å². The number of aromatic hydroxyl groups is 1. The smallest absolute Gasteiger partial charge is 0.344 e. The maximum atomic E-state index is 11.2. The second kappa shape index (κ2) is 5.43. The van der Waals surface area contributed by atoms with Crippen LogP contribution in [0.25, 0.3) is 0 Å². The molecule has 0 saturated carbocycles. The van der Waals surface area contributed by atoms with E-state index in [9.17, 15) is 9.90 Å².